The fourth-order valence-electron chi connectivity index (χ4n) is 6.26. The van der Waals surface area contributed by atoms with Crippen molar-refractivity contribution < 1.29 is 9.53 Å². The second-order valence-corrected chi connectivity index (χ2v) is 10.5. The summed E-state index contributed by atoms with van der Waals surface area (Å²) in [5, 5.41) is 0. The summed E-state index contributed by atoms with van der Waals surface area (Å²) in [7, 11) is 0. The molecule has 3 fully saturated rings. The standard InChI is InChI=1S/C26H44O2.3CH4/c1-4-20-5-7-21(8-6-20)17-22-9-11-23(12-10-22)18-24-13-15-25(16-14-24)28-26(27)19(2)3;;;/h20-25H,2,4-18H2,1,3H3;3*1H4. The largest absolute Gasteiger partial charge is 0.459 e. The predicted octanol–water partition coefficient (Wildman–Crippen LogP) is 9.38. The van der Waals surface area contributed by atoms with Crippen LogP contribution in [0.3, 0.4) is 0 Å². The Labute approximate surface area is 196 Å². The Morgan fingerprint density at radius 3 is 1.32 bits per heavy atom. The molecule has 2 heteroatoms. The van der Waals surface area contributed by atoms with Gasteiger partial charge in [0.1, 0.15) is 6.10 Å². The Kier molecular flexibility index (Phi) is 14.7. The molecule has 0 heterocycles. The quantitative estimate of drug-likeness (QED) is 0.293. The maximum Gasteiger partial charge on any atom is 0.333 e. The lowest BCUT2D eigenvalue weighted by Crippen LogP contribution is -2.26. The molecule has 3 rings (SSSR count). The van der Waals surface area contributed by atoms with E-state index >= 15 is 0 Å². The number of hydrogen-bond acceptors (Lipinski definition) is 2. The van der Waals surface area contributed by atoms with Gasteiger partial charge in [-0.1, -0.05) is 93.6 Å². The van der Waals surface area contributed by atoms with Gasteiger partial charge in [-0.3, -0.25) is 0 Å². The molecule has 0 N–H and O–H groups in total. The Bertz CT molecular complexity index is 487. The summed E-state index contributed by atoms with van der Waals surface area (Å²) in [6.45, 7) is 7.79. The first-order chi connectivity index (χ1) is 13.5. The van der Waals surface area contributed by atoms with Crippen LogP contribution in [-0.2, 0) is 9.53 Å². The highest BCUT2D eigenvalue weighted by Gasteiger charge is 2.30. The Hall–Kier alpha value is -0.790. The summed E-state index contributed by atoms with van der Waals surface area (Å²) in [6.07, 6.45) is 21.0. The van der Waals surface area contributed by atoms with Gasteiger partial charge in [-0.25, -0.2) is 4.79 Å². The third kappa shape index (κ3) is 9.70. The van der Waals surface area contributed by atoms with E-state index in [4.69, 9.17) is 4.74 Å². The number of ether oxygens (including phenoxy) is 1. The first-order valence-corrected chi connectivity index (χ1v) is 12.4. The third-order valence-corrected chi connectivity index (χ3v) is 8.26. The molecular formula is C29H56O2. The van der Waals surface area contributed by atoms with E-state index in [0.717, 1.165) is 42.4 Å². The molecule has 0 aromatic rings. The summed E-state index contributed by atoms with van der Waals surface area (Å²) in [5.41, 5.74) is 0.525. The van der Waals surface area contributed by atoms with Crippen molar-refractivity contribution in [1.29, 1.82) is 0 Å². The van der Waals surface area contributed by atoms with E-state index < -0.39 is 0 Å². The molecule has 31 heavy (non-hydrogen) atoms. The zero-order chi connectivity index (χ0) is 19.9. The van der Waals surface area contributed by atoms with Crippen LogP contribution in [0.1, 0.15) is 132 Å². The average Bonchev–Trinajstić information content (AvgIpc) is 2.71. The second kappa shape index (κ2) is 15.1. The second-order valence-electron chi connectivity index (χ2n) is 10.5. The molecule has 0 aliphatic heterocycles. The van der Waals surface area contributed by atoms with Crippen LogP contribution >= 0.6 is 0 Å². The summed E-state index contributed by atoms with van der Waals surface area (Å²) in [5.74, 6) is 4.73. The molecule has 0 atom stereocenters. The number of esters is 1. The van der Waals surface area contributed by atoms with Crippen LogP contribution in [-0.4, -0.2) is 12.1 Å². The molecule has 184 valence electrons. The predicted molar refractivity (Wildman–Crippen MR) is 137 cm³/mol. The molecule has 0 amide bonds. The Morgan fingerprint density at radius 1 is 0.677 bits per heavy atom. The van der Waals surface area contributed by atoms with Crippen molar-refractivity contribution in [2.45, 2.75) is 139 Å². The number of hydrogen-bond donors (Lipinski definition) is 0. The number of carbonyl (C=O) groups excluding carboxylic acids is 1. The average molecular weight is 437 g/mol. The maximum absolute atomic E-state index is 11.7. The van der Waals surface area contributed by atoms with Crippen LogP contribution in [0, 0.1) is 29.6 Å². The number of rotatable bonds is 7. The van der Waals surface area contributed by atoms with Gasteiger partial charge in [0.05, 0.1) is 0 Å². The van der Waals surface area contributed by atoms with Gasteiger partial charge in [-0.05, 0) is 75.0 Å². The first-order valence-electron chi connectivity index (χ1n) is 12.4. The SMILES string of the molecule is C.C.C.C=C(C)C(=O)OC1CCC(CC2CCC(CC3CCC(CC)CC3)CC2)CC1. The van der Waals surface area contributed by atoms with Crippen LogP contribution in [0.5, 0.6) is 0 Å². The zero-order valence-corrected chi connectivity index (χ0v) is 18.6. The van der Waals surface area contributed by atoms with Crippen molar-refractivity contribution in [1.82, 2.24) is 0 Å². The van der Waals surface area contributed by atoms with Gasteiger partial charge in [0, 0.05) is 5.57 Å². The van der Waals surface area contributed by atoms with Gasteiger partial charge >= 0.3 is 5.97 Å². The van der Waals surface area contributed by atoms with Crippen LogP contribution in [0.15, 0.2) is 12.2 Å². The summed E-state index contributed by atoms with van der Waals surface area (Å²) in [6, 6.07) is 0. The minimum atomic E-state index is -0.204. The van der Waals surface area contributed by atoms with Crippen LogP contribution in [0.4, 0.5) is 0 Å². The van der Waals surface area contributed by atoms with Crippen molar-refractivity contribution >= 4 is 5.97 Å². The van der Waals surface area contributed by atoms with E-state index in [1.807, 2.05) is 0 Å². The van der Waals surface area contributed by atoms with Crippen LogP contribution in [0.2, 0.25) is 0 Å². The summed E-state index contributed by atoms with van der Waals surface area (Å²) >= 11 is 0. The Balaban J connectivity index is 0.00000300. The molecule has 0 bridgehead atoms. The van der Waals surface area contributed by atoms with Gasteiger partial charge in [-0.15, -0.1) is 0 Å². The zero-order valence-electron chi connectivity index (χ0n) is 18.6. The van der Waals surface area contributed by atoms with Gasteiger partial charge in [-0.2, -0.15) is 0 Å². The van der Waals surface area contributed by atoms with E-state index in [2.05, 4.69) is 13.5 Å². The third-order valence-electron chi connectivity index (χ3n) is 8.26. The topological polar surface area (TPSA) is 26.3 Å². The highest BCUT2D eigenvalue weighted by atomic mass is 16.5. The van der Waals surface area contributed by atoms with Crippen molar-refractivity contribution in [3.63, 3.8) is 0 Å². The van der Waals surface area contributed by atoms with E-state index in [1.54, 1.807) is 6.92 Å². The monoisotopic (exact) mass is 436 g/mol. The van der Waals surface area contributed by atoms with Crippen molar-refractivity contribution in [2.75, 3.05) is 0 Å². The fourth-order valence-corrected chi connectivity index (χ4v) is 6.26. The van der Waals surface area contributed by atoms with Crippen LogP contribution < -0.4 is 0 Å². The van der Waals surface area contributed by atoms with Gasteiger partial charge in [0.2, 0.25) is 0 Å². The lowest BCUT2D eigenvalue weighted by Gasteiger charge is -2.36. The molecule has 3 aliphatic rings. The molecule has 3 aliphatic carbocycles. The molecule has 0 radical (unpaired) electrons. The van der Waals surface area contributed by atoms with Gasteiger partial charge in [0.25, 0.3) is 0 Å². The molecule has 3 saturated carbocycles. The highest BCUT2D eigenvalue weighted by Crippen LogP contribution is 2.41. The Morgan fingerprint density at radius 2 is 1.00 bits per heavy atom. The first kappa shape index (κ1) is 30.2. The molecule has 0 aromatic heterocycles. The smallest absolute Gasteiger partial charge is 0.333 e. The molecule has 0 unspecified atom stereocenters. The molecule has 0 saturated heterocycles. The van der Waals surface area contributed by atoms with Crippen molar-refractivity contribution in [2.24, 2.45) is 29.6 Å². The molecule has 2 nitrogen and oxygen atoms in total. The lowest BCUT2D eigenvalue weighted by atomic mass is 9.71. The summed E-state index contributed by atoms with van der Waals surface area (Å²) < 4.78 is 5.55. The summed E-state index contributed by atoms with van der Waals surface area (Å²) in [4.78, 5) is 11.7. The highest BCUT2D eigenvalue weighted by molar-refractivity contribution is 5.87. The minimum absolute atomic E-state index is 0. The molecular weight excluding hydrogens is 380 g/mol. The molecule has 0 aromatic carbocycles. The van der Waals surface area contributed by atoms with E-state index in [-0.39, 0.29) is 34.4 Å². The maximum atomic E-state index is 11.7. The van der Waals surface area contributed by atoms with Gasteiger partial charge < -0.3 is 4.74 Å². The van der Waals surface area contributed by atoms with E-state index in [0.29, 0.717) is 5.57 Å². The normalized spacial score (nSPS) is 33.1. The van der Waals surface area contributed by atoms with Crippen molar-refractivity contribution in [3.8, 4) is 0 Å². The van der Waals surface area contributed by atoms with E-state index in [1.165, 1.54) is 83.5 Å². The fraction of sp³-hybridized carbons (Fsp3) is 0.897. The van der Waals surface area contributed by atoms with Crippen LogP contribution in [0.25, 0.3) is 0 Å². The number of carbonyl (C=O) groups is 1. The van der Waals surface area contributed by atoms with Gasteiger partial charge in [0.15, 0.2) is 0 Å². The van der Waals surface area contributed by atoms with Crippen molar-refractivity contribution in [3.05, 3.63) is 12.2 Å². The molecule has 0 spiro atoms. The lowest BCUT2D eigenvalue weighted by molar-refractivity contribution is -0.146. The van der Waals surface area contributed by atoms with E-state index in [9.17, 15) is 4.79 Å². The minimum Gasteiger partial charge on any atom is -0.459 e.